The highest BCUT2D eigenvalue weighted by Gasteiger charge is 2.21. The largest absolute Gasteiger partial charge is 0.381 e. The van der Waals surface area contributed by atoms with Gasteiger partial charge in [0.05, 0.1) is 17.8 Å². The highest BCUT2D eigenvalue weighted by atomic mass is 79.9. The standard InChI is InChI=1S/C12H11BrN2O/c13-10-3-1-2-9-11(8-4-5-16-6-8)14-7-15-12(9)10/h1-3,7-8H,4-6H2. The summed E-state index contributed by atoms with van der Waals surface area (Å²) in [5.41, 5.74) is 2.10. The van der Waals surface area contributed by atoms with Crippen LogP contribution >= 0.6 is 15.9 Å². The molecule has 3 nitrogen and oxygen atoms in total. The fourth-order valence-electron chi connectivity index (χ4n) is 2.15. The minimum atomic E-state index is 0.416. The zero-order valence-corrected chi connectivity index (χ0v) is 10.3. The van der Waals surface area contributed by atoms with Gasteiger partial charge < -0.3 is 4.74 Å². The highest BCUT2D eigenvalue weighted by Crippen LogP contribution is 2.31. The van der Waals surface area contributed by atoms with Crippen molar-refractivity contribution in [3.63, 3.8) is 0 Å². The Morgan fingerprint density at radius 1 is 1.31 bits per heavy atom. The van der Waals surface area contributed by atoms with Gasteiger partial charge in [0, 0.05) is 22.4 Å². The summed E-state index contributed by atoms with van der Waals surface area (Å²) in [6.45, 7) is 1.61. The van der Waals surface area contributed by atoms with Crippen molar-refractivity contribution in [2.45, 2.75) is 12.3 Å². The second-order valence-corrected chi connectivity index (χ2v) is 4.81. The second kappa shape index (κ2) is 4.11. The average molecular weight is 279 g/mol. The lowest BCUT2D eigenvalue weighted by atomic mass is 10.0. The van der Waals surface area contributed by atoms with Crippen molar-refractivity contribution in [2.75, 3.05) is 13.2 Å². The first kappa shape index (κ1) is 10.2. The smallest absolute Gasteiger partial charge is 0.116 e. The first-order valence-electron chi connectivity index (χ1n) is 5.33. The number of rotatable bonds is 1. The molecule has 1 aliphatic heterocycles. The van der Waals surface area contributed by atoms with Crippen molar-refractivity contribution in [3.8, 4) is 0 Å². The maximum atomic E-state index is 5.42. The van der Waals surface area contributed by atoms with Gasteiger partial charge in [0.15, 0.2) is 0 Å². The van der Waals surface area contributed by atoms with Gasteiger partial charge >= 0.3 is 0 Å². The van der Waals surface area contributed by atoms with E-state index in [-0.39, 0.29) is 0 Å². The van der Waals surface area contributed by atoms with E-state index in [1.165, 1.54) is 0 Å². The normalized spacial score (nSPS) is 20.4. The van der Waals surface area contributed by atoms with E-state index in [1.807, 2.05) is 12.1 Å². The zero-order chi connectivity index (χ0) is 11.0. The van der Waals surface area contributed by atoms with Crippen molar-refractivity contribution < 1.29 is 4.74 Å². The third-order valence-corrected chi connectivity index (χ3v) is 3.60. The van der Waals surface area contributed by atoms with E-state index in [1.54, 1.807) is 6.33 Å². The topological polar surface area (TPSA) is 35.0 Å². The molecule has 0 saturated carbocycles. The molecular formula is C12H11BrN2O. The van der Waals surface area contributed by atoms with Crippen LogP contribution in [0.5, 0.6) is 0 Å². The van der Waals surface area contributed by atoms with Gasteiger partial charge in [-0.2, -0.15) is 0 Å². The minimum Gasteiger partial charge on any atom is -0.381 e. The molecule has 1 fully saturated rings. The number of fused-ring (bicyclic) bond motifs is 1. The lowest BCUT2D eigenvalue weighted by Crippen LogP contribution is -2.02. The van der Waals surface area contributed by atoms with E-state index in [0.717, 1.165) is 40.7 Å². The molecule has 1 aromatic carbocycles. The molecule has 82 valence electrons. The van der Waals surface area contributed by atoms with Gasteiger partial charge in [-0.1, -0.05) is 12.1 Å². The summed E-state index contributed by atoms with van der Waals surface area (Å²) in [7, 11) is 0. The lowest BCUT2D eigenvalue weighted by Gasteiger charge is -2.10. The summed E-state index contributed by atoms with van der Waals surface area (Å²) in [6, 6.07) is 6.10. The first-order valence-corrected chi connectivity index (χ1v) is 6.12. The molecule has 0 amide bonds. The minimum absolute atomic E-state index is 0.416. The fraction of sp³-hybridized carbons (Fsp3) is 0.333. The van der Waals surface area contributed by atoms with E-state index in [2.05, 4.69) is 32.0 Å². The molecular weight excluding hydrogens is 268 g/mol. The average Bonchev–Trinajstić information content (AvgIpc) is 2.82. The van der Waals surface area contributed by atoms with Crippen LogP contribution in [0.4, 0.5) is 0 Å². The van der Waals surface area contributed by atoms with Crippen molar-refractivity contribution >= 4 is 26.8 Å². The number of para-hydroxylation sites is 1. The van der Waals surface area contributed by atoms with Crippen LogP contribution in [0.15, 0.2) is 29.0 Å². The molecule has 0 N–H and O–H groups in total. The molecule has 2 heterocycles. The van der Waals surface area contributed by atoms with Crippen LogP contribution < -0.4 is 0 Å². The molecule has 1 saturated heterocycles. The third-order valence-electron chi connectivity index (χ3n) is 2.96. The van der Waals surface area contributed by atoms with Crippen LogP contribution in [0.3, 0.4) is 0 Å². The van der Waals surface area contributed by atoms with Gasteiger partial charge in [-0.15, -0.1) is 0 Å². The Morgan fingerprint density at radius 3 is 3.06 bits per heavy atom. The summed E-state index contributed by atoms with van der Waals surface area (Å²) in [5.74, 6) is 0.416. The monoisotopic (exact) mass is 278 g/mol. The number of hydrogen-bond donors (Lipinski definition) is 0. The predicted octanol–water partition coefficient (Wildman–Crippen LogP) is 2.90. The summed E-state index contributed by atoms with van der Waals surface area (Å²) >= 11 is 3.52. The Morgan fingerprint density at radius 2 is 2.25 bits per heavy atom. The molecule has 1 aliphatic rings. The van der Waals surface area contributed by atoms with Gasteiger partial charge in [-0.3, -0.25) is 0 Å². The molecule has 0 spiro atoms. The van der Waals surface area contributed by atoms with Crippen LogP contribution in [-0.2, 0) is 4.74 Å². The number of hydrogen-bond acceptors (Lipinski definition) is 3. The maximum absolute atomic E-state index is 5.42. The Balaban J connectivity index is 2.20. The molecule has 1 unspecified atom stereocenters. The molecule has 0 aliphatic carbocycles. The van der Waals surface area contributed by atoms with Crippen molar-refractivity contribution in [2.24, 2.45) is 0 Å². The van der Waals surface area contributed by atoms with Crippen molar-refractivity contribution in [1.82, 2.24) is 9.97 Å². The van der Waals surface area contributed by atoms with E-state index >= 15 is 0 Å². The van der Waals surface area contributed by atoms with E-state index in [4.69, 9.17) is 4.74 Å². The van der Waals surface area contributed by atoms with Crippen LogP contribution in [0, 0.1) is 0 Å². The summed E-state index contributed by atoms with van der Waals surface area (Å²) in [4.78, 5) is 8.73. The number of halogens is 1. The Hall–Kier alpha value is -1.00. The van der Waals surface area contributed by atoms with Crippen LogP contribution in [0.1, 0.15) is 18.0 Å². The molecule has 1 aromatic heterocycles. The quantitative estimate of drug-likeness (QED) is 0.805. The Kier molecular flexibility index (Phi) is 2.61. The van der Waals surface area contributed by atoms with Crippen LogP contribution in [0.25, 0.3) is 10.9 Å². The van der Waals surface area contributed by atoms with Crippen molar-refractivity contribution in [3.05, 3.63) is 34.7 Å². The molecule has 2 aromatic rings. The molecule has 4 heteroatoms. The third kappa shape index (κ3) is 1.62. The molecule has 0 radical (unpaired) electrons. The molecule has 1 atom stereocenters. The summed E-state index contributed by atoms with van der Waals surface area (Å²) in [5, 5.41) is 1.13. The van der Waals surface area contributed by atoms with Crippen LogP contribution in [0.2, 0.25) is 0 Å². The first-order chi connectivity index (χ1) is 7.86. The van der Waals surface area contributed by atoms with Crippen molar-refractivity contribution in [1.29, 1.82) is 0 Å². The van der Waals surface area contributed by atoms with Gasteiger partial charge in [0.2, 0.25) is 0 Å². The SMILES string of the molecule is Brc1cccc2c(C3CCOC3)ncnc12. The molecule has 0 bridgehead atoms. The number of benzene rings is 1. The van der Waals surface area contributed by atoms with E-state index < -0.39 is 0 Å². The van der Waals surface area contributed by atoms with Gasteiger partial charge in [-0.05, 0) is 28.4 Å². The second-order valence-electron chi connectivity index (χ2n) is 3.96. The highest BCUT2D eigenvalue weighted by molar-refractivity contribution is 9.10. The zero-order valence-electron chi connectivity index (χ0n) is 8.69. The van der Waals surface area contributed by atoms with Gasteiger partial charge in [0.25, 0.3) is 0 Å². The number of nitrogens with zero attached hydrogens (tertiary/aromatic N) is 2. The van der Waals surface area contributed by atoms with E-state index in [0.29, 0.717) is 5.92 Å². The Bertz CT molecular complexity index is 523. The number of aromatic nitrogens is 2. The fourth-order valence-corrected chi connectivity index (χ4v) is 2.62. The molecule has 16 heavy (non-hydrogen) atoms. The summed E-state index contributed by atoms with van der Waals surface area (Å²) < 4.78 is 6.44. The van der Waals surface area contributed by atoms with Gasteiger partial charge in [0.1, 0.15) is 6.33 Å². The Labute approximate surface area is 102 Å². The predicted molar refractivity (Wildman–Crippen MR) is 65.4 cm³/mol. The lowest BCUT2D eigenvalue weighted by molar-refractivity contribution is 0.193. The number of ether oxygens (including phenoxy) is 1. The maximum Gasteiger partial charge on any atom is 0.116 e. The van der Waals surface area contributed by atoms with Crippen LogP contribution in [-0.4, -0.2) is 23.2 Å². The van der Waals surface area contributed by atoms with Gasteiger partial charge in [-0.25, -0.2) is 9.97 Å². The molecule has 3 rings (SSSR count). The van der Waals surface area contributed by atoms with E-state index in [9.17, 15) is 0 Å². The summed E-state index contributed by atoms with van der Waals surface area (Å²) in [6.07, 6.45) is 2.69.